The van der Waals surface area contributed by atoms with Crippen molar-refractivity contribution in [1.82, 2.24) is 0 Å². The number of rotatable bonds is 15. The molecular weight excluding hydrogens is 466 g/mol. The van der Waals surface area contributed by atoms with Gasteiger partial charge in [0, 0.05) is 19.3 Å². The average Bonchev–Trinajstić information content (AvgIpc) is 2.86. The van der Waals surface area contributed by atoms with Gasteiger partial charge >= 0.3 is 23.9 Å². The van der Waals surface area contributed by atoms with Crippen LogP contribution in [0.25, 0.3) is 0 Å². The maximum atomic E-state index is 12.6. The monoisotopic (exact) mass is 507 g/mol. The fourth-order valence-corrected chi connectivity index (χ4v) is 3.15. The summed E-state index contributed by atoms with van der Waals surface area (Å²) in [6.07, 6.45) is 3.10. The van der Waals surface area contributed by atoms with Gasteiger partial charge in [-0.05, 0) is 37.0 Å². The summed E-state index contributed by atoms with van der Waals surface area (Å²) in [6.45, 7) is 9.14. The normalized spacial score (nSPS) is 14.2. The minimum Gasteiger partial charge on any atom is -0.468 e. The Balaban J connectivity index is 3.18. The number of esters is 4. The molecule has 9 heteroatoms. The summed E-state index contributed by atoms with van der Waals surface area (Å²) in [4.78, 5) is 49.3. The smallest absolute Gasteiger partial charge is 0.326 e. The average molecular weight is 508 g/mol. The molecule has 2 unspecified atom stereocenters. The molecule has 1 aromatic rings. The second-order valence-corrected chi connectivity index (χ2v) is 9.14. The van der Waals surface area contributed by atoms with Crippen LogP contribution >= 0.6 is 0 Å². The van der Waals surface area contributed by atoms with Crippen LogP contribution in [0.2, 0.25) is 0 Å². The van der Waals surface area contributed by atoms with Crippen LogP contribution in [0.4, 0.5) is 0 Å². The maximum absolute atomic E-state index is 12.6. The van der Waals surface area contributed by atoms with E-state index in [1.54, 1.807) is 19.9 Å². The van der Waals surface area contributed by atoms with E-state index in [9.17, 15) is 19.2 Å². The number of hydrogen-bond donors (Lipinski definition) is 1. The molecule has 2 N–H and O–H groups in total. The molecule has 0 amide bonds. The Morgan fingerprint density at radius 3 is 2.06 bits per heavy atom. The first-order chi connectivity index (χ1) is 17.0. The fourth-order valence-electron chi connectivity index (χ4n) is 3.15. The molecule has 0 bridgehead atoms. The molecule has 0 fully saturated rings. The standard InChI is InChI=1S/C27H41NO8/c1-7-10-11-23(29)34-15-14-27(28,26(32)33-6)17-20-12-13-21(35-24(30)18(4)8-2)22(16-20)36-25(31)19(5)9-3/h12-13,16,18-19H,7-11,14-15,17,28H2,1-6H3/t18?,19?,27-/m1/s1. The van der Waals surface area contributed by atoms with Crippen LogP contribution in [0.15, 0.2) is 18.2 Å². The quantitative estimate of drug-likeness (QED) is 0.275. The Labute approximate surface area is 214 Å². The maximum Gasteiger partial charge on any atom is 0.326 e. The first kappa shape index (κ1) is 31.1. The fraction of sp³-hybridized carbons (Fsp3) is 0.630. The molecule has 0 aliphatic carbocycles. The molecule has 36 heavy (non-hydrogen) atoms. The second-order valence-electron chi connectivity index (χ2n) is 9.14. The summed E-state index contributed by atoms with van der Waals surface area (Å²) >= 11 is 0. The summed E-state index contributed by atoms with van der Waals surface area (Å²) in [6, 6.07) is 4.67. The highest BCUT2D eigenvalue weighted by atomic mass is 16.6. The van der Waals surface area contributed by atoms with E-state index < -0.39 is 23.4 Å². The lowest BCUT2D eigenvalue weighted by molar-refractivity contribution is -0.151. The largest absolute Gasteiger partial charge is 0.468 e. The summed E-state index contributed by atoms with van der Waals surface area (Å²) in [5.74, 6) is -2.47. The Kier molecular flexibility index (Phi) is 13.2. The zero-order valence-electron chi connectivity index (χ0n) is 22.4. The second kappa shape index (κ2) is 15.2. The van der Waals surface area contributed by atoms with E-state index in [0.29, 0.717) is 24.8 Å². The number of ether oxygens (including phenoxy) is 4. The summed E-state index contributed by atoms with van der Waals surface area (Å²) in [7, 11) is 1.23. The minimum atomic E-state index is -1.49. The summed E-state index contributed by atoms with van der Waals surface area (Å²) < 4.78 is 21.2. The van der Waals surface area contributed by atoms with Gasteiger partial charge in [0.05, 0.1) is 25.6 Å². The van der Waals surface area contributed by atoms with Crippen LogP contribution in [0, 0.1) is 11.8 Å². The van der Waals surface area contributed by atoms with E-state index in [1.165, 1.54) is 19.2 Å². The molecule has 0 aliphatic rings. The van der Waals surface area contributed by atoms with Crippen molar-refractivity contribution in [2.24, 2.45) is 17.6 Å². The van der Waals surface area contributed by atoms with Gasteiger partial charge in [-0.15, -0.1) is 0 Å². The van der Waals surface area contributed by atoms with Crippen molar-refractivity contribution >= 4 is 23.9 Å². The number of nitrogens with two attached hydrogens (primary N) is 1. The molecule has 0 heterocycles. The molecule has 1 aromatic carbocycles. The lowest BCUT2D eigenvalue weighted by Gasteiger charge is -2.27. The number of benzene rings is 1. The van der Waals surface area contributed by atoms with Crippen LogP contribution < -0.4 is 15.2 Å². The highest BCUT2D eigenvalue weighted by Gasteiger charge is 2.36. The molecule has 0 saturated carbocycles. The number of unbranched alkanes of at least 4 members (excludes halogenated alkanes) is 1. The van der Waals surface area contributed by atoms with Gasteiger partial charge in [0.1, 0.15) is 5.54 Å². The van der Waals surface area contributed by atoms with Crippen molar-refractivity contribution in [1.29, 1.82) is 0 Å². The van der Waals surface area contributed by atoms with Gasteiger partial charge in [-0.25, -0.2) is 0 Å². The summed E-state index contributed by atoms with van der Waals surface area (Å²) in [5, 5.41) is 0. The zero-order chi connectivity index (χ0) is 27.3. The number of carbonyl (C=O) groups is 4. The lowest BCUT2D eigenvalue weighted by atomic mass is 9.88. The van der Waals surface area contributed by atoms with Gasteiger partial charge in [0.2, 0.25) is 0 Å². The van der Waals surface area contributed by atoms with Crippen molar-refractivity contribution in [2.75, 3.05) is 13.7 Å². The van der Waals surface area contributed by atoms with Crippen molar-refractivity contribution in [2.45, 2.75) is 85.1 Å². The van der Waals surface area contributed by atoms with Crippen LogP contribution in [0.5, 0.6) is 11.5 Å². The highest BCUT2D eigenvalue weighted by molar-refractivity contribution is 5.81. The first-order valence-electron chi connectivity index (χ1n) is 12.6. The number of hydrogen-bond acceptors (Lipinski definition) is 9. The van der Waals surface area contributed by atoms with E-state index in [-0.39, 0.29) is 48.8 Å². The SMILES string of the molecule is CCCCC(=O)OCC[C@@](N)(Cc1ccc(OC(=O)C(C)CC)c(OC(=O)C(C)CC)c1)C(=O)OC. The molecule has 0 aromatic heterocycles. The van der Waals surface area contributed by atoms with Gasteiger partial charge in [-0.3, -0.25) is 19.2 Å². The molecule has 202 valence electrons. The van der Waals surface area contributed by atoms with E-state index in [0.717, 1.165) is 12.8 Å². The van der Waals surface area contributed by atoms with Crippen LogP contribution in [0.3, 0.4) is 0 Å². The minimum absolute atomic E-state index is 0.0135. The molecule has 0 spiro atoms. The topological polar surface area (TPSA) is 131 Å². The van der Waals surface area contributed by atoms with Crippen LogP contribution in [-0.2, 0) is 35.1 Å². The molecule has 0 saturated heterocycles. The Morgan fingerprint density at radius 1 is 0.944 bits per heavy atom. The molecule has 0 aliphatic heterocycles. The molecule has 1 rings (SSSR count). The number of methoxy groups -OCH3 is 1. The van der Waals surface area contributed by atoms with E-state index in [4.69, 9.17) is 24.7 Å². The van der Waals surface area contributed by atoms with Crippen molar-refractivity contribution in [3.8, 4) is 11.5 Å². The van der Waals surface area contributed by atoms with Crippen molar-refractivity contribution < 1.29 is 38.1 Å². The van der Waals surface area contributed by atoms with E-state index in [2.05, 4.69) is 0 Å². The Morgan fingerprint density at radius 2 is 1.53 bits per heavy atom. The number of carbonyl (C=O) groups excluding carboxylic acids is 4. The van der Waals surface area contributed by atoms with Crippen molar-refractivity contribution in [3.63, 3.8) is 0 Å². The third-order valence-electron chi connectivity index (χ3n) is 6.12. The zero-order valence-corrected chi connectivity index (χ0v) is 22.4. The van der Waals surface area contributed by atoms with Crippen LogP contribution in [0.1, 0.15) is 78.7 Å². The summed E-state index contributed by atoms with van der Waals surface area (Å²) in [5.41, 5.74) is 5.47. The van der Waals surface area contributed by atoms with Crippen molar-refractivity contribution in [3.05, 3.63) is 23.8 Å². The predicted molar refractivity (Wildman–Crippen MR) is 134 cm³/mol. The molecular formula is C27H41NO8. The van der Waals surface area contributed by atoms with Gasteiger partial charge in [0.15, 0.2) is 11.5 Å². The third-order valence-corrected chi connectivity index (χ3v) is 6.12. The first-order valence-corrected chi connectivity index (χ1v) is 12.6. The predicted octanol–water partition coefficient (Wildman–Crippen LogP) is 4.13. The Bertz CT molecular complexity index is 900. The van der Waals surface area contributed by atoms with Gasteiger partial charge in [0.25, 0.3) is 0 Å². The Hall–Kier alpha value is -2.94. The van der Waals surface area contributed by atoms with Gasteiger partial charge < -0.3 is 24.7 Å². The lowest BCUT2D eigenvalue weighted by Crippen LogP contribution is -2.51. The van der Waals surface area contributed by atoms with Gasteiger partial charge in [-0.1, -0.05) is 47.1 Å². The third kappa shape index (κ3) is 9.60. The van der Waals surface area contributed by atoms with E-state index in [1.807, 2.05) is 20.8 Å². The van der Waals surface area contributed by atoms with Crippen LogP contribution in [-0.4, -0.2) is 43.1 Å². The van der Waals surface area contributed by atoms with Gasteiger partial charge in [-0.2, -0.15) is 0 Å². The molecule has 0 radical (unpaired) electrons. The van der Waals surface area contributed by atoms with E-state index >= 15 is 0 Å². The highest BCUT2D eigenvalue weighted by Crippen LogP contribution is 2.32. The molecule has 3 atom stereocenters. The molecule has 9 nitrogen and oxygen atoms in total.